The third kappa shape index (κ3) is 3.08. The van der Waals surface area contributed by atoms with Crippen molar-refractivity contribution in [1.29, 1.82) is 0 Å². The average Bonchev–Trinajstić information content (AvgIpc) is 2.55. The summed E-state index contributed by atoms with van der Waals surface area (Å²) in [7, 11) is 0. The third-order valence-electron chi connectivity index (χ3n) is 2.33. The molecule has 2 atom stereocenters. The monoisotopic (exact) mass is 198 g/mol. The first kappa shape index (κ1) is 10.7. The van der Waals surface area contributed by atoms with Crippen molar-refractivity contribution < 1.29 is 0 Å². The lowest BCUT2D eigenvalue weighted by molar-refractivity contribution is 0.388. The summed E-state index contributed by atoms with van der Waals surface area (Å²) in [5.41, 5.74) is 0. The first-order valence-electron chi connectivity index (χ1n) is 4.76. The number of thiazole rings is 1. The Labute approximate surface area is 84.4 Å². The largest absolute Gasteiger partial charge is 0.305 e. The summed E-state index contributed by atoms with van der Waals surface area (Å²) >= 11 is 1.71. The molecule has 2 nitrogen and oxygen atoms in total. The van der Waals surface area contributed by atoms with E-state index < -0.39 is 0 Å². The molecule has 0 fully saturated rings. The first-order chi connectivity index (χ1) is 6.11. The van der Waals surface area contributed by atoms with Gasteiger partial charge in [-0.15, -0.1) is 11.3 Å². The SMILES string of the molecule is CC(C)[C@H](C)N[C@H](C)c1nccs1. The van der Waals surface area contributed by atoms with Gasteiger partial charge in [0.2, 0.25) is 0 Å². The van der Waals surface area contributed by atoms with E-state index >= 15 is 0 Å². The molecule has 13 heavy (non-hydrogen) atoms. The fourth-order valence-corrected chi connectivity index (χ4v) is 1.76. The Balaban J connectivity index is 2.46. The molecule has 0 aliphatic heterocycles. The van der Waals surface area contributed by atoms with Crippen LogP contribution in [0.15, 0.2) is 11.6 Å². The highest BCUT2D eigenvalue weighted by molar-refractivity contribution is 7.09. The van der Waals surface area contributed by atoms with E-state index in [-0.39, 0.29) is 0 Å². The van der Waals surface area contributed by atoms with E-state index in [0.717, 1.165) is 0 Å². The first-order valence-corrected chi connectivity index (χ1v) is 5.64. The van der Waals surface area contributed by atoms with Gasteiger partial charge in [-0.25, -0.2) is 4.98 Å². The van der Waals surface area contributed by atoms with E-state index in [2.05, 4.69) is 38.0 Å². The molecular weight excluding hydrogens is 180 g/mol. The lowest BCUT2D eigenvalue weighted by Gasteiger charge is -2.21. The van der Waals surface area contributed by atoms with E-state index in [1.54, 1.807) is 11.3 Å². The lowest BCUT2D eigenvalue weighted by Crippen LogP contribution is -2.32. The molecule has 1 N–H and O–H groups in total. The van der Waals surface area contributed by atoms with Gasteiger partial charge in [0, 0.05) is 17.6 Å². The Morgan fingerprint density at radius 3 is 2.46 bits per heavy atom. The predicted octanol–water partition coefficient (Wildman–Crippen LogP) is 2.84. The van der Waals surface area contributed by atoms with Crippen molar-refractivity contribution in [3.63, 3.8) is 0 Å². The zero-order valence-electron chi connectivity index (χ0n) is 8.74. The van der Waals surface area contributed by atoms with E-state index in [1.807, 2.05) is 11.6 Å². The van der Waals surface area contributed by atoms with Gasteiger partial charge in [-0.1, -0.05) is 13.8 Å². The van der Waals surface area contributed by atoms with Gasteiger partial charge < -0.3 is 5.32 Å². The molecule has 0 spiro atoms. The number of hydrogen-bond donors (Lipinski definition) is 1. The number of nitrogens with one attached hydrogen (secondary N) is 1. The number of nitrogens with zero attached hydrogens (tertiary/aromatic N) is 1. The predicted molar refractivity (Wildman–Crippen MR) is 58.0 cm³/mol. The zero-order valence-corrected chi connectivity index (χ0v) is 9.56. The average molecular weight is 198 g/mol. The molecule has 0 radical (unpaired) electrons. The molecule has 0 saturated carbocycles. The molecule has 1 heterocycles. The second kappa shape index (κ2) is 4.72. The van der Waals surface area contributed by atoms with Crippen molar-refractivity contribution in [1.82, 2.24) is 10.3 Å². The Morgan fingerprint density at radius 1 is 1.31 bits per heavy atom. The molecule has 0 unspecified atom stereocenters. The summed E-state index contributed by atoms with van der Waals surface area (Å²) in [5, 5.41) is 6.72. The molecule has 0 saturated heterocycles. The van der Waals surface area contributed by atoms with Gasteiger partial charge >= 0.3 is 0 Å². The van der Waals surface area contributed by atoms with Crippen LogP contribution in [-0.4, -0.2) is 11.0 Å². The van der Waals surface area contributed by atoms with Gasteiger partial charge in [0.25, 0.3) is 0 Å². The maximum atomic E-state index is 4.28. The minimum atomic E-state index is 0.373. The van der Waals surface area contributed by atoms with Gasteiger partial charge in [-0.05, 0) is 19.8 Å². The molecule has 0 aromatic carbocycles. The summed E-state index contributed by atoms with van der Waals surface area (Å²) in [6.45, 7) is 8.84. The zero-order chi connectivity index (χ0) is 9.84. The van der Waals surface area contributed by atoms with Crippen molar-refractivity contribution in [3.05, 3.63) is 16.6 Å². The van der Waals surface area contributed by atoms with Crippen molar-refractivity contribution in [2.24, 2.45) is 5.92 Å². The van der Waals surface area contributed by atoms with E-state index in [4.69, 9.17) is 0 Å². The Hall–Kier alpha value is -0.410. The Bertz CT molecular complexity index is 231. The van der Waals surface area contributed by atoms with E-state index in [9.17, 15) is 0 Å². The van der Waals surface area contributed by atoms with Crippen LogP contribution < -0.4 is 5.32 Å². The molecule has 0 amide bonds. The quantitative estimate of drug-likeness (QED) is 0.804. The Kier molecular flexibility index (Phi) is 3.88. The van der Waals surface area contributed by atoms with Crippen LogP contribution in [-0.2, 0) is 0 Å². The maximum Gasteiger partial charge on any atom is 0.109 e. The van der Waals surface area contributed by atoms with Crippen molar-refractivity contribution in [3.8, 4) is 0 Å². The Morgan fingerprint density at radius 2 is 2.00 bits per heavy atom. The lowest BCUT2D eigenvalue weighted by atomic mass is 10.1. The molecule has 0 aliphatic rings. The smallest absolute Gasteiger partial charge is 0.109 e. The molecule has 1 aromatic rings. The molecule has 0 bridgehead atoms. The van der Waals surface area contributed by atoms with Crippen LogP contribution in [0.1, 0.15) is 38.7 Å². The molecule has 74 valence electrons. The summed E-state index contributed by atoms with van der Waals surface area (Å²) in [5.74, 6) is 0.669. The normalized spacial score (nSPS) is 16.1. The van der Waals surface area contributed by atoms with Crippen LogP contribution in [0.5, 0.6) is 0 Å². The van der Waals surface area contributed by atoms with Crippen LogP contribution in [0.2, 0.25) is 0 Å². The highest BCUT2D eigenvalue weighted by atomic mass is 32.1. The van der Waals surface area contributed by atoms with Crippen LogP contribution in [0.25, 0.3) is 0 Å². The van der Waals surface area contributed by atoms with Crippen molar-refractivity contribution in [2.75, 3.05) is 0 Å². The highest BCUT2D eigenvalue weighted by Gasteiger charge is 2.13. The van der Waals surface area contributed by atoms with E-state index in [0.29, 0.717) is 18.0 Å². The summed E-state index contributed by atoms with van der Waals surface area (Å²) in [4.78, 5) is 4.28. The van der Waals surface area contributed by atoms with Crippen LogP contribution in [0.4, 0.5) is 0 Å². The minimum absolute atomic E-state index is 0.373. The molecule has 1 rings (SSSR count). The fourth-order valence-electron chi connectivity index (χ4n) is 1.11. The third-order valence-corrected chi connectivity index (χ3v) is 3.29. The van der Waals surface area contributed by atoms with Crippen molar-refractivity contribution >= 4 is 11.3 Å². The highest BCUT2D eigenvalue weighted by Crippen LogP contribution is 2.16. The van der Waals surface area contributed by atoms with Gasteiger partial charge in [0.15, 0.2) is 0 Å². The summed E-state index contributed by atoms with van der Waals surface area (Å²) in [6, 6.07) is 0.913. The second-order valence-electron chi connectivity index (χ2n) is 3.79. The molecule has 0 aliphatic carbocycles. The number of rotatable bonds is 4. The van der Waals surface area contributed by atoms with Crippen LogP contribution >= 0.6 is 11.3 Å². The van der Waals surface area contributed by atoms with Gasteiger partial charge in [0.1, 0.15) is 5.01 Å². The summed E-state index contributed by atoms with van der Waals surface area (Å²) < 4.78 is 0. The van der Waals surface area contributed by atoms with Gasteiger partial charge in [0.05, 0.1) is 6.04 Å². The number of hydrogen-bond acceptors (Lipinski definition) is 3. The molecular formula is C10H18N2S. The van der Waals surface area contributed by atoms with Gasteiger partial charge in [-0.2, -0.15) is 0 Å². The second-order valence-corrected chi connectivity index (χ2v) is 4.72. The van der Waals surface area contributed by atoms with E-state index in [1.165, 1.54) is 5.01 Å². The van der Waals surface area contributed by atoms with Gasteiger partial charge in [-0.3, -0.25) is 0 Å². The van der Waals surface area contributed by atoms with Crippen LogP contribution in [0, 0.1) is 5.92 Å². The topological polar surface area (TPSA) is 24.9 Å². The molecule has 1 aromatic heterocycles. The molecule has 3 heteroatoms. The fraction of sp³-hybridized carbons (Fsp3) is 0.700. The number of aromatic nitrogens is 1. The van der Waals surface area contributed by atoms with Crippen LogP contribution in [0.3, 0.4) is 0 Å². The summed E-state index contributed by atoms with van der Waals surface area (Å²) in [6.07, 6.45) is 1.86. The minimum Gasteiger partial charge on any atom is -0.305 e. The standard InChI is InChI=1S/C10H18N2S/c1-7(2)8(3)12-9(4)10-11-5-6-13-10/h5-9,12H,1-4H3/t8-,9+/m0/s1. The van der Waals surface area contributed by atoms with Crippen molar-refractivity contribution in [2.45, 2.75) is 39.8 Å². The maximum absolute atomic E-state index is 4.28.